The van der Waals surface area contributed by atoms with Gasteiger partial charge in [-0.2, -0.15) is 5.26 Å². The standard InChI is InChI=1S/2C7H8.C2H4I2.C2H5I.C2H3N.3C2H6.2CH3.2Y/c2*1-7-5-3-2-4-6-7;1-2(3)4;2*1-2-3;3*1-2;;;;/h2*2-6H,1H3;2H,1H3;2H2,1H3;1H3;3*1-2H3;2*1H3;;/q;;;;;;;;2*-1;;. The molecule has 0 aromatic heterocycles. The van der Waals surface area contributed by atoms with E-state index in [-0.39, 0.29) is 80.3 Å². The SMILES string of the molecule is CC.CC.CC.CC#N.CC(I)I.CCI.Cc1ccccc1.Cc1ccccc1.[CH3-].[CH3-].[Y].[Y]. The molecule has 1 nitrogen and oxygen atoms in total. The third kappa shape index (κ3) is 114. The predicted octanol–water partition coefficient (Wildman–Crippen LogP) is 12.1. The number of alkyl halides is 3. The molecule has 0 heterocycles. The normalized spacial score (nSPS) is 5.94. The fraction of sp³-hybridized carbons (Fsp3) is 0.464. The summed E-state index contributed by atoms with van der Waals surface area (Å²) in [5.41, 5.74) is 2.64. The van der Waals surface area contributed by atoms with Crippen LogP contribution in [0.2, 0.25) is 0 Å². The number of benzene rings is 2. The minimum atomic E-state index is 0. The molecule has 2 radical (unpaired) electrons. The first kappa shape index (κ1) is 65.4. The van der Waals surface area contributed by atoms with Crippen molar-refractivity contribution in [2.45, 2.75) is 78.1 Å². The van der Waals surface area contributed by atoms with Gasteiger partial charge in [0.05, 0.1) is 8.00 Å². The van der Waals surface area contributed by atoms with Gasteiger partial charge in [0, 0.05) is 72.3 Å². The molecule has 0 aliphatic carbocycles. The fourth-order valence-electron chi connectivity index (χ4n) is 1.07. The molecule has 2 aromatic carbocycles. The summed E-state index contributed by atoms with van der Waals surface area (Å²) in [4.78, 5) is 0. The Labute approximate surface area is 308 Å². The number of halogens is 3. The fourth-order valence-corrected chi connectivity index (χ4v) is 1.07. The van der Waals surface area contributed by atoms with E-state index in [0.717, 1.165) is 1.93 Å². The zero-order valence-corrected chi connectivity index (χ0v) is 36.4. The van der Waals surface area contributed by atoms with E-state index in [4.69, 9.17) is 5.26 Å². The summed E-state index contributed by atoms with van der Waals surface area (Å²) < 4.78 is 1.99. The van der Waals surface area contributed by atoms with Gasteiger partial charge < -0.3 is 14.9 Å². The zero-order chi connectivity index (χ0) is 25.2. The quantitative estimate of drug-likeness (QED) is 0.147. The molecule has 0 amide bonds. The Morgan fingerprint density at radius 3 is 0.882 bits per heavy atom. The van der Waals surface area contributed by atoms with Gasteiger partial charge in [0.25, 0.3) is 0 Å². The summed E-state index contributed by atoms with van der Waals surface area (Å²) in [7, 11) is 0. The molecular weight excluding hydrogens is 909 g/mol. The van der Waals surface area contributed by atoms with Crippen molar-refractivity contribution < 1.29 is 65.4 Å². The van der Waals surface area contributed by atoms with Crippen LogP contribution in [0, 0.1) is 40.0 Å². The van der Waals surface area contributed by atoms with E-state index in [1.54, 1.807) is 6.07 Å². The number of aryl methyl sites for hydroxylation is 2. The van der Waals surface area contributed by atoms with Gasteiger partial charge in [-0.25, -0.2) is 0 Å². The van der Waals surface area contributed by atoms with Crippen LogP contribution in [0.25, 0.3) is 0 Å². The van der Waals surface area contributed by atoms with Crippen molar-refractivity contribution in [3.8, 4) is 6.07 Å². The van der Waals surface area contributed by atoms with Gasteiger partial charge in [0.2, 0.25) is 0 Å². The second kappa shape index (κ2) is 76.5. The second-order valence-corrected chi connectivity index (χ2v) is 12.0. The Balaban J connectivity index is -0.0000000252. The molecule has 2 rings (SSSR count). The molecule has 0 saturated carbocycles. The molecule has 0 unspecified atom stereocenters. The topological polar surface area (TPSA) is 23.8 Å². The Hall–Kier alpha value is 2.33. The minimum Gasteiger partial charge on any atom is -0.358 e. The van der Waals surface area contributed by atoms with Gasteiger partial charge in [-0.3, -0.25) is 0 Å². The third-order valence-electron chi connectivity index (χ3n) is 1.88. The predicted molar refractivity (Wildman–Crippen MR) is 183 cm³/mol. The monoisotopic (exact) mass is 961 g/mol. The molecule has 2 aromatic rings. The molecular formula is C28H52I3NY2-2. The van der Waals surface area contributed by atoms with Crippen molar-refractivity contribution in [3.05, 3.63) is 86.6 Å². The van der Waals surface area contributed by atoms with Crippen LogP contribution in [-0.4, -0.2) is 6.36 Å². The van der Waals surface area contributed by atoms with Gasteiger partial charge >= 0.3 is 0 Å². The van der Waals surface area contributed by atoms with Gasteiger partial charge in [0.15, 0.2) is 0 Å². The minimum absolute atomic E-state index is 0. The van der Waals surface area contributed by atoms with Crippen LogP contribution < -0.4 is 0 Å². The Morgan fingerprint density at radius 1 is 0.706 bits per heavy atom. The average Bonchev–Trinajstić information content (AvgIpc) is 2.75. The number of rotatable bonds is 0. The van der Waals surface area contributed by atoms with Crippen molar-refractivity contribution in [1.82, 2.24) is 0 Å². The molecule has 0 fully saturated rings. The summed E-state index contributed by atoms with van der Waals surface area (Å²) in [5, 5.41) is 7.32. The number of hydrogen-bond acceptors (Lipinski definition) is 1. The van der Waals surface area contributed by atoms with Gasteiger partial charge in [0.1, 0.15) is 0 Å². The van der Waals surface area contributed by atoms with E-state index >= 15 is 0 Å². The summed E-state index contributed by atoms with van der Waals surface area (Å²) in [6.45, 7) is 21.8. The van der Waals surface area contributed by atoms with Crippen LogP contribution >= 0.6 is 67.8 Å². The molecule has 0 N–H and O–H groups in total. The number of hydrogen-bond donors (Lipinski definition) is 0. The van der Waals surface area contributed by atoms with Crippen LogP contribution in [-0.2, 0) is 65.4 Å². The van der Waals surface area contributed by atoms with Crippen molar-refractivity contribution >= 4 is 67.8 Å². The third-order valence-corrected chi connectivity index (χ3v) is 1.88. The average molecular weight is 961 g/mol. The second-order valence-electron chi connectivity index (χ2n) is 4.32. The Bertz CT molecular complexity index is 452. The van der Waals surface area contributed by atoms with E-state index in [0.29, 0.717) is 0 Å². The number of nitrogens with zero attached hydrogens (tertiary/aromatic N) is 1. The largest absolute Gasteiger partial charge is 0.358 e. The van der Waals surface area contributed by atoms with Crippen LogP contribution in [0.5, 0.6) is 0 Å². The summed E-state index contributed by atoms with van der Waals surface area (Å²) in [6, 6.07) is 22.3. The molecule has 0 aliphatic rings. The smallest absolute Gasteiger partial charge is 0.0598 e. The summed E-state index contributed by atoms with van der Waals surface area (Å²) in [5.74, 6) is 0. The van der Waals surface area contributed by atoms with Crippen LogP contribution in [0.15, 0.2) is 60.7 Å². The molecule has 6 heteroatoms. The molecule has 0 spiro atoms. The van der Waals surface area contributed by atoms with Gasteiger partial charge in [-0.1, -0.05) is 188 Å². The van der Waals surface area contributed by atoms with E-state index in [9.17, 15) is 0 Å². The maximum Gasteiger partial charge on any atom is 0.0598 e. The van der Waals surface area contributed by atoms with Crippen LogP contribution in [0.1, 0.15) is 73.4 Å². The molecule has 0 saturated heterocycles. The first-order valence-corrected chi connectivity index (χ1v) is 14.5. The first-order valence-electron chi connectivity index (χ1n) is 10.5. The summed E-state index contributed by atoms with van der Waals surface area (Å²) >= 11 is 6.95. The van der Waals surface area contributed by atoms with E-state index in [2.05, 4.69) is 120 Å². The van der Waals surface area contributed by atoms with E-state index < -0.39 is 0 Å². The Kier molecular flexibility index (Phi) is 147. The van der Waals surface area contributed by atoms with Gasteiger partial charge in [-0.05, 0) is 25.2 Å². The van der Waals surface area contributed by atoms with Crippen LogP contribution in [0.4, 0.5) is 0 Å². The van der Waals surface area contributed by atoms with Crippen molar-refractivity contribution in [3.63, 3.8) is 0 Å². The first-order chi connectivity index (χ1) is 14.3. The van der Waals surface area contributed by atoms with E-state index in [1.165, 1.54) is 22.5 Å². The van der Waals surface area contributed by atoms with Crippen LogP contribution in [0.3, 0.4) is 0 Å². The Morgan fingerprint density at radius 2 is 0.824 bits per heavy atom. The molecule has 198 valence electrons. The van der Waals surface area contributed by atoms with Crippen molar-refractivity contribution in [2.24, 2.45) is 0 Å². The van der Waals surface area contributed by atoms with Gasteiger partial charge in [-0.15, -0.1) is 0 Å². The maximum atomic E-state index is 7.32. The molecule has 0 aliphatic heterocycles. The van der Waals surface area contributed by atoms with Crippen molar-refractivity contribution in [1.29, 1.82) is 5.26 Å². The summed E-state index contributed by atoms with van der Waals surface area (Å²) in [6.07, 6.45) is 0. The zero-order valence-electron chi connectivity index (χ0n) is 24.3. The molecule has 0 bridgehead atoms. The van der Waals surface area contributed by atoms with E-state index in [1.807, 2.05) is 77.9 Å². The number of nitriles is 1. The molecule has 0 atom stereocenters. The molecule has 34 heavy (non-hydrogen) atoms. The maximum absolute atomic E-state index is 7.32. The van der Waals surface area contributed by atoms with Crippen molar-refractivity contribution in [2.75, 3.05) is 4.43 Å².